The molecule has 0 spiro atoms. The first-order valence-corrected chi connectivity index (χ1v) is 9.01. The van der Waals surface area contributed by atoms with Crippen molar-refractivity contribution in [3.8, 4) is 0 Å². The molecule has 1 saturated carbocycles. The monoisotopic (exact) mass is 454 g/mol. The SMILES string of the molecule is CCOC(=O)NC(CN=C(N)NC1CCCCCC1)CC(C)C.I. The van der Waals surface area contributed by atoms with Crippen LogP contribution >= 0.6 is 24.0 Å². The van der Waals surface area contributed by atoms with E-state index in [0.29, 0.717) is 31.1 Å². The quantitative estimate of drug-likeness (QED) is 0.238. The molecule has 1 rings (SSSR count). The third-order valence-corrected chi connectivity index (χ3v) is 4.04. The van der Waals surface area contributed by atoms with Crippen LogP contribution in [0.3, 0.4) is 0 Å². The predicted octanol–water partition coefficient (Wildman–Crippen LogP) is 3.39. The molecule has 142 valence electrons. The number of nitrogens with one attached hydrogen (secondary N) is 2. The van der Waals surface area contributed by atoms with Crippen LogP contribution in [0.5, 0.6) is 0 Å². The average molecular weight is 454 g/mol. The molecule has 0 heterocycles. The van der Waals surface area contributed by atoms with Crippen LogP contribution in [-0.4, -0.2) is 37.3 Å². The van der Waals surface area contributed by atoms with Crippen LogP contribution in [0.1, 0.15) is 65.7 Å². The number of halogens is 1. The van der Waals surface area contributed by atoms with Gasteiger partial charge in [0.15, 0.2) is 5.96 Å². The van der Waals surface area contributed by atoms with Gasteiger partial charge < -0.3 is 21.1 Å². The van der Waals surface area contributed by atoms with E-state index in [-0.39, 0.29) is 36.1 Å². The number of hydrogen-bond donors (Lipinski definition) is 3. The molecule has 6 nitrogen and oxygen atoms in total. The number of hydrogen-bond acceptors (Lipinski definition) is 3. The Balaban J connectivity index is 0.00000529. The van der Waals surface area contributed by atoms with Crippen molar-refractivity contribution in [1.29, 1.82) is 0 Å². The van der Waals surface area contributed by atoms with Crippen molar-refractivity contribution in [3.63, 3.8) is 0 Å². The van der Waals surface area contributed by atoms with Crippen molar-refractivity contribution >= 4 is 36.0 Å². The molecule has 0 aromatic carbocycles. The van der Waals surface area contributed by atoms with E-state index in [0.717, 1.165) is 19.3 Å². The van der Waals surface area contributed by atoms with Gasteiger partial charge in [-0.05, 0) is 32.1 Å². The summed E-state index contributed by atoms with van der Waals surface area (Å²) in [6.07, 6.45) is 7.92. The second-order valence-corrected chi connectivity index (χ2v) is 6.75. The maximum absolute atomic E-state index is 11.6. The molecular formula is C17H35IN4O2. The molecule has 7 heteroatoms. The van der Waals surface area contributed by atoms with E-state index < -0.39 is 0 Å². The highest BCUT2D eigenvalue weighted by molar-refractivity contribution is 14.0. The maximum atomic E-state index is 11.6. The van der Waals surface area contributed by atoms with Crippen molar-refractivity contribution < 1.29 is 9.53 Å². The van der Waals surface area contributed by atoms with Gasteiger partial charge in [0.05, 0.1) is 19.2 Å². The average Bonchev–Trinajstić information content (AvgIpc) is 2.73. The fourth-order valence-corrected chi connectivity index (χ4v) is 2.97. The molecule has 1 unspecified atom stereocenters. The highest BCUT2D eigenvalue weighted by atomic mass is 127. The number of rotatable bonds is 7. The maximum Gasteiger partial charge on any atom is 0.407 e. The molecular weight excluding hydrogens is 419 g/mol. The van der Waals surface area contributed by atoms with Crippen molar-refractivity contribution in [3.05, 3.63) is 0 Å². The zero-order chi connectivity index (χ0) is 17.1. The minimum Gasteiger partial charge on any atom is -0.450 e. The number of nitrogens with zero attached hydrogens (tertiary/aromatic N) is 1. The van der Waals surface area contributed by atoms with Gasteiger partial charge in [0.1, 0.15) is 0 Å². The summed E-state index contributed by atoms with van der Waals surface area (Å²) in [5, 5.41) is 6.20. The fraction of sp³-hybridized carbons (Fsp3) is 0.882. The number of ether oxygens (including phenoxy) is 1. The number of guanidine groups is 1. The Morgan fingerprint density at radius 1 is 1.25 bits per heavy atom. The van der Waals surface area contributed by atoms with Crippen molar-refractivity contribution in [1.82, 2.24) is 10.6 Å². The second-order valence-electron chi connectivity index (χ2n) is 6.75. The summed E-state index contributed by atoms with van der Waals surface area (Å²) in [6, 6.07) is 0.381. The molecule has 4 N–H and O–H groups in total. The number of aliphatic imine (C=N–C) groups is 1. The molecule has 1 fully saturated rings. The number of alkyl carbamates (subject to hydrolysis) is 1. The van der Waals surface area contributed by atoms with Gasteiger partial charge in [-0.15, -0.1) is 24.0 Å². The van der Waals surface area contributed by atoms with Gasteiger partial charge in [-0.2, -0.15) is 0 Å². The Hall–Kier alpha value is -0.730. The smallest absolute Gasteiger partial charge is 0.407 e. The van der Waals surface area contributed by atoms with E-state index >= 15 is 0 Å². The number of carbonyl (C=O) groups is 1. The third-order valence-electron chi connectivity index (χ3n) is 4.04. The number of amides is 1. The molecule has 1 atom stereocenters. The molecule has 24 heavy (non-hydrogen) atoms. The highest BCUT2D eigenvalue weighted by Crippen LogP contribution is 2.16. The Morgan fingerprint density at radius 3 is 2.42 bits per heavy atom. The first-order chi connectivity index (χ1) is 11.0. The lowest BCUT2D eigenvalue weighted by Gasteiger charge is -2.20. The van der Waals surface area contributed by atoms with Crippen LogP contribution < -0.4 is 16.4 Å². The third kappa shape index (κ3) is 10.9. The van der Waals surface area contributed by atoms with Gasteiger partial charge in [-0.1, -0.05) is 39.5 Å². The molecule has 0 bridgehead atoms. The van der Waals surface area contributed by atoms with Crippen LogP contribution in [0.25, 0.3) is 0 Å². The molecule has 1 aliphatic rings. The molecule has 0 aromatic heterocycles. The van der Waals surface area contributed by atoms with Crippen LogP contribution in [0.4, 0.5) is 4.79 Å². The van der Waals surface area contributed by atoms with E-state index in [9.17, 15) is 4.79 Å². The summed E-state index contributed by atoms with van der Waals surface area (Å²) in [6.45, 7) is 6.88. The van der Waals surface area contributed by atoms with Crippen LogP contribution in [0, 0.1) is 5.92 Å². The fourth-order valence-electron chi connectivity index (χ4n) is 2.97. The van der Waals surface area contributed by atoms with Crippen molar-refractivity contribution in [2.45, 2.75) is 77.8 Å². The Morgan fingerprint density at radius 2 is 1.88 bits per heavy atom. The lowest BCUT2D eigenvalue weighted by atomic mass is 10.0. The molecule has 0 saturated heterocycles. The normalized spacial score (nSPS) is 17.6. The van der Waals surface area contributed by atoms with Gasteiger partial charge in [0, 0.05) is 6.04 Å². The zero-order valence-corrected chi connectivity index (χ0v) is 17.7. The lowest BCUT2D eigenvalue weighted by molar-refractivity contribution is 0.147. The zero-order valence-electron chi connectivity index (χ0n) is 15.3. The summed E-state index contributed by atoms with van der Waals surface area (Å²) in [4.78, 5) is 16.0. The molecule has 0 aromatic rings. The van der Waals surface area contributed by atoms with Gasteiger partial charge in [0.2, 0.25) is 0 Å². The molecule has 0 radical (unpaired) electrons. The number of carbonyl (C=O) groups excluding carboxylic acids is 1. The summed E-state index contributed by atoms with van der Waals surface area (Å²) < 4.78 is 4.95. The topological polar surface area (TPSA) is 88.7 Å². The molecule has 0 aliphatic heterocycles. The lowest BCUT2D eigenvalue weighted by Crippen LogP contribution is -2.42. The van der Waals surface area contributed by atoms with Crippen LogP contribution in [0.15, 0.2) is 4.99 Å². The van der Waals surface area contributed by atoms with E-state index in [2.05, 4.69) is 29.5 Å². The number of nitrogens with two attached hydrogens (primary N) is 1. The summed E-state index contributed by atoms with van der Waals surface area (Å²) >= 11 is 0. The first-order valence-electron chi connectivity index (χ1n) is 9.01. The Labute approximate surface area is 163 Å². The largest absolute Gasteiger partial charge is 0.450 e. The van der Waals surface area contributed by atoms with Crippen molar-refractivity contribution in [2.75, 3.05) is 13.2 Å². The standard InChI is InChI=1S/C17H34N4O2.HI/c1-4-23-17(22)21-15(11-13(2)3)12-19-16(18)20-14-9-7-5-6-8-10-14;/h13-15H,4-12H2,1-3H3,(H,21,22)(H3,18,19,20);1H. The highest BCUT2D eigenvalue weighted by Gasteiger charge is 2.16. The van der Waals surface area contributed by atoms with Crippen LogP contribution in [-0.2, 0) is 4.74 Å². The van der Waals surface area contributed by atoms with E-state index in [1.165, 1.54) is 25.7 Å². The minimum absolute atomic E-state index is 0. The predicted molar refractivity (Wildman–Crippen MR) is 110 cm³/mol. The van der Waals surface area contributed by atoms with Gasteiger partial charge in [0.25, 0.3) is 0 Å². The van der Waals surface area contributed by atoms with Gasteiger partial charge in [-0.3, -0.25) is 4.99 Å². The van der Waals surface area contributed by atoms with E-state index in [1.54, 1.807) is 6.92 Å². The van der Waals surface area contributed by atoms with E-state index in [1.807, 2.05) is 0 Å². The Bertz CT molecular complexity index is 370. The minimum atomic E-state index is -0.386. The summed E-state index contributed by atoms with van der Waals surface area (Å²) in [5.74, 6) is 0.949. The molecule has 1 amide bonds. The van der Waals surface area contributed by atoms with Gasteiger partial charge >= 0.3 is 6.09 Å². The second kappa shape index (κ2) is 13.5. The first kappa shape index (κ1) is 23.3. The van der Waals surface area contributed by atoms with Crippen molar-refractivity contribution in [2.24, 2.45) is 16.6 Å². The summed E-state index contributed by atoms with van der Waals surface area (Å²) in [5.41, 5.74) is 6.02. The van der Waals surface area contributed by atoms with E-state index in [4.69, 9.17) is 10.5 Å². The van der Waals surface area contributed by atoms with Crippen LogP contribution in [0.2, 0.25) is 0 Å². The molecule has 1 aliphatic carbocycles. The van der Waals surface area contributed by atoms with Gasteiger partial charge in [-0.25, -0.2) is 4.79 Å². The summed E-state index contributed by atoms with van der Waals surface area (Å²) in [7, 11) is 0. The Kier molecular flexibility index (Phi) is 13.1.